The van der Waals surface area contributed by atoms with Crippen LogP contribution >= 0.6 is 11.3 Å². The van der Waals surface area contributed by atoms with E-state index in [9.17, 15) is 4.79 Å². The summed E-state index contributed by atoms with van der Waals surface area (Å²) in [4.78, 5) is 17.2. The van der Waals surface area contributed by atoms with E-state index in [1.165, 1.54) is 6.08 Å². The number of nitrogens with one attached hydrogen (secondary N) is 1. The molecule has 0 fully saturated rings. The van der Waals surface area contributed by atoms with Crippen molar-refractivity contribution in [3.63, 3.8) is 0 Å². The van der Waals surface area contributed by atoms with Gasteiger partial charge >= 0.3 is 0 Å². The molecular weight excluding hydrogens is 312 g/mol. The Kier molecular flexibility index (Phi) is 5.76. The molecule has 23 heavy (non-hydrogen) atoms. The van der Waals surface area contributed by atoms with Gasteiger partial charge < -0.3 is 14.8 Å². The van der Waals surface area contributed by atoms with Crippen LogP contribution in [0.4, 0.5) is 0 Å². The van der Waals surface area contributed by atoms with Crippen molar-refractivity contribution in [2.45, 2.75) is 19.9 Å². The number of carbonyl (C=O) groups excluding carboxylic acids is 1. The maximum atomic E-state index is 12.1. The molecule has 0 spiro atoms. The molecule has 1 heterocycles. The van der Waals surface area contributed by atoms with Crippen LogP contribution in [0, 0.1) is 6.92 Å². The standard InChI is InChI=1S/C17H20N2O3S/c1-11(15-9-13(21-3)5-7-16(15)22-4)19-17(20)8-6-14-10-18-12(2)23-14/h5-11H,1-4H3,(H,19,20)/b8-6-/t11-/m1/s1. The highest BCUT2D eigenvalue weighted by Gasteiger charge is 2.14. The van der Waals surface area contributed by atoms with E-state index in [1.807, 2.05) is 32.0 Å². The molecular formula is C17H20N2O3S. The number of nitrogens with zero attached hydrogens (tertiary/aromatic N) is 1. The van der Waals surface area contributed by atoms with Gasteiger partial charge in [0.2, 0.25) is 5.91 Å². The molecule has 1 aromatic heterocycles. The molecule has 0 bridgehead atoms. The maximum absolute atomic E-state index is 12.1. The predicted molar refractivity (Wildman–Crippen MR) is 92.0 cm³/mol. The summed E-state index contributed by atoms with van der Waals surface area (Å²) in [5, 5.41) is 3.89. The number of amides is 1. The summed E-state index contributed by atoms with van der Waals surface area (Å²) in [6, 6.07) is 5.30. The van der Waals surface area contributed by atoms with Gasteiger partial charge in [0.1, 0.15) is 11.5 Å². The molecule has 1 amide bonds. The first-order valence-corrected chi connectivity index (χ1v) is 7.98. The lowest BCUT2D eigenvalue weighted by molar-refractivity contribution is -0.117. The lowest BCUT2D eigenvalue weighted by Crippen LogP contribution is -2.25. The lowest BCUT2D eigenvalue weighted by Gasteiger charge is -2.17. The molecule has 0 aliphatic rings. The van der Waals surface area contributed by atoms with Crippen molar-refractivity contribution in [3.8, 4) is 11.5 Å². The molecule has 122 valence electrons. The molecule has 0 unspecified atom stereocenters. The molecule has 0 radical (unpaired) electrons. The second kappa shape index (κ2) is 7.78. The van der Waals surface area contributed by atoms with Crippen molar-refractivity contribution < 1.29 is 14.3 Å². The van der Waals surface area contributed by atoms with Gasteiger partial charge in [0.05, 0.1) is 25.3 Å². The Morgan fingerprint density at radius 1 is 1.35 bits per heavy atom. The van der Waals surface area contributed by atoms with E-state index in [1.54, 1.807) is 37.8 Å². The third-order valence-electron chi connectivity index (χ3n) is 3.30. The third kappa shape index (κ3) is 4.56. The largest absolute Gasteiger partial charge is 0.497 e. The Balaban J connectivity index is 2.07. The van der Waals surface area contributed by atoms with E-state index >= 15 is 0 Å². The quantitative estimate of drug-likeness (QED) is 0.824. The summed E-state index contributed by atoms with van der Waals surface area (Å²) in [7, 11) is 3.21. The van der Waals surface area contributed by atoms with E-state index in [4.69, 9.17) is 9.47 Å². The van der Waals surface area contributed by atoms with Gasteiger partial charge in [0.15, 0.2) is 0 Å². The SMILES string of the molecule is COc1ccc(OC)c([C@@H](C)NC(=O)/C=C\c2cnc(C)s2)c1. The smallest absolute Gasteiger partial charge is 0.244 e. The van der Waals surface area contributed by atoms with Crippen molar-refractivity contribution in [1.29, 1.82) is 0 Å². The van der Waals surface area contributed by atoms with Crippen LogP contribution < -0.4 is 14.8 Å². The fraction of sp³-hybridized carbons (Fsp3) is 0.294. The second-order valence-corrected chi connectivity index (χ2v) is 6.22. The molecule has 0 aliphatic carbocycles. The van der Waals surface area contributed by atoms with E-state index in [-0.39, 0.29) is 11.9 Å². The van der Waals surface area contributed by atoms with Crippen LogP contribution in [0.3, 0.4) is 0 Å². The number of thiazole rings is 1. The van der Waals surface area contributed by atoms with E-state index in [0.717, 1.165) is 21.2 Å². The zero-order valence-electron chi connectivity index (χ0n) is 13.6. The first kappa shape index (κ1) is 17.0. The number of methoxy groups -OCH3 is 2. The Hall–Kier alpha value is -2.34. The van der Waals surface area contributed by atoms with E-state index in [0.29, 0.717) is 5.75 Å². The minimum absolute atomic E-state index is 0.173. The molecule has 0 saturated carbocycles. The number of hydrogen-bond donors (Lipinski definition) is 1. The number of ether oxygens (including phenoxy) is 2. The van der Waals surface area contributed by atoms with Crippen LogP contribution in [0.2, 0.25) is 0 Å². The number of rotatable bonds is 6. The second-order valence-electron chi connectivity index (χ2n) is 4.95. The van der Waals surface area contributed by atoms with Crippen LogP contribution in [-0.4, -0.2) is 25.1 Å². The van der Waals surface area contributed by atoms with Gasteiger partial charge in [0, 0.05) is 22.7 Å². The van der Waals surface area contributed by atoms with E-state index in [2.05, 4.69) is 10.3 Å². The maximum Gasteiger partial charge on any atom is 0.244 e. The van der Waals surface area contributed by atoms with Crippen LogP contribution in [0.25, 0.3) is 6.08 Å². The van der Waals surface area contributed by atoms with Crippen LogP contribution in [0.1, 0.15) is 28.4 Å². The monoisotopic (exact) mass is 332 g/mol. The molecule has 1 N–H and O–H groups in total. The first-order valence-electron chi connectivity index (χ1n) is 7.16. The minimum Gasteiger partial charge on any atom is -0.497 e. The van der Waals surface area contributed by atoms with Crippen LogP contribution in [-0.2, 0) is 4.79 Å². The average molecular weight is 332 g/mol. The Labute approximate surface area is 140 Å². The number of benzene rings is 1. The molecule has 1 atom stereocenters. The fourth-order valence-electron chi connectivity index (χ4n) is 2.13. The highest BCUT2D eigenvalue weighted by atomic mass is 32.1. The van der Waals surface area contributed by atoms with Gasteiger partial charge in [-0.15, -0.1) is 11.3 Å². The summed E-state index contributed by atoms with van der Waals surface area (Å²) in [5.41, 5.74) is 0.863. The molecule has 1 aromatic carbocycles. The van der Waals surface area contributed by atoms with Gasteiger partial charge in [0.25, 0.3) is 0 Å². The van der Waals surface area contributed by atoms with Crippen molar-refractivity contribution >= 4 is 23.3 Å². The topological polar surface area (TPSA) is 60.5 Å². The van der Waals surface area contributed by atoms with Crippen molar-refractivity contribution in [1.82, 2.24) is 10.3 Å². The van der Waals surface area contributed by atoms with Crippen LogP contribution in [0.5, 0.6) is 11.5 Å². The summed E-state index contributed by atoms with van der Waals surface area (Å²) in [5.74, 6) is 1.26. The average Bonchev–Trinajstić information content (AvgIpc) is 2.97. The van der Waals surface area contributed by atoms with Gasteiger partial charge in [-0.3, -0.25) is 4.79 Å². The Bertz CT molecular complexity index is 710. The molecule has 2 aromatic rings. The Morgan fingerprint density at radius 3 is 2.74 bits per heavy atom. The normalized spacial score (nSPS) is 12.2. The predicted octanol–water partition coefficient (Wildman–Crippen LogP) is 3.36. The zero-order chi connectivity index (χ0) is 16.8. The summed E-state index contributed by atoms with van der Waals surface area (Å²) < 4.78 is 10.6. The lowest BCUT2D eigenvalue weighted by atomic mass is 10.1. The number of carbonyl (C=O) groups is 1. The highest BCUT2D eigenvalue weighted by Crippen LogP contribution is 2.29. The fourth-order valence-corrected chi connectivity index (χ4v) is 2.82. The van der Waals surface area contributed by atoms with Gasteiger partial charge in [-0.2, -0.15) is 0 Å². The molecule has 0 saturated heterocycles. The molecule has 0 aliphatic heterocycles. The number of hydrogen-bond acceptors (Lipinski definition) is 5. The van der Waals surface area contributed by atoms with Crippen molar-refractivity contribution in [3.05, 3.63) is 45.9 Å². The summed E-state index contributed by atoms with van der Waals surface area (Å²) in [6.07, 6.45) is 5.02. The van der Waals surface area contributed by atoms with Gasteiger partial charge in [-0.1, -0.05) is 0 Å². The van der Waals surface area contributed by atoms with Crippen molar-refractivity contribution in [2.75, 3.05) is 14.2 Å². The van der Waals surface area contributed by atoms with Crippen molar-refractivity contribution in [2.24, 2.45) is 0 Å². The van der Waals surface area contributed by atoms with Gasteiger partial charge in [-0.25, -0.2) is 4.98 Å². The Morgan fingerprint density at radius 2 is 2.13 bits per heavy atom. The third-order valence-corrected chi connectivity index (χ3v) is 4.18. The van der Waals surface area contributed by atoms with Gasteiger partial charge in [-0.05, 0) is 38.1 Å². The minimum atomic E-state index is -0.208. The zero-order valence-corrected chi connectivity index (χ0v) is 14.4. The van der Waals surface area contributed by atoms with Crippen LogP contribution in [0.15, 0.2) is 30.5 Å². The van der Waals surface area contributed by atoms with E-state index < -0.39 is 0 Å². The summed E-state index contributed by atoms with van der Waals surface area (Å²) >= 11 is 1.54. The first-order chi connectivity index (χ1) is 11.0. The summed E-state index contributed by atoms with van der Waals surface area (Å²) in [6.45, 7) is 3.83. The highest BCUT2D eigenvalue weighted by molar-refractivity contribution is 7.12. The number of aryl methyl sites for hydroxylation is 1. The molecule has 5 nitrogen and oxygen atoms in total. The molecule has 2 rings (SSSR count). The number of aromatic nitrogens is 1. The molecule has 6 heteroatoms.